The average molecular weight is 486 g/mol. The molecule has 0 atom stereocenters. The van der Waals surface area contributed by atoms with E-state index in [0.29, 0.717) is 0 Å². The van der Waals surface area contributed by atoms with Gasteiger partial charge in [0, 0.05) is 15.5 Å². The number of fused-ring (bicyclic) bond motifs is 1. The SMILES string of the molecule is CS/C(Sc1ccc(Cl)cc1)=C1\CCCc2c(-c3ccccc3)cc(-c3ccccc3)nc21. The maximum absolute atomic E-state index is 6.11. The van der Waals surface area contributed by atoms with Crippen LogP contribution in [-0.4, -0.2) is 11.2 Å². The molecule has 1 aliphatic rings. The van der Waals surface area contributed by atoms with Gasteiger partial charge in [-0.3, -0.25) is 0 Å². The van der Waals surface area contributed by atoms with Gasteiger partial charge in [0.2, 0.25) is 0 Å². The lowest BCUT2D eigenvalue weighted by Gasteiger charge is -2.25. The van der Waals surface area contributed by atoms with E-state index in [1.807, 2.05) is 35.7 Å². The van der Waals surface area contributed by atoms with E-state index in [1.165, 1.54) is 31.4 Å². The smallest absolute Gasteiger partial charge is 0.0723 e. The van der Waals surface area contributed by atoms with E-state index >= 15 is 0 Å². The predicted molar refractivity (Wildman–Crippen MR) is 146 cm³/mol. The van der Waals surface area contributed by atoms with Crippen LogP contribution < -0.4 is 0 Å². The van der Waals surface area contributed by atoms with Crippen molar-refractivity contribution < 1.29 is 0 Å². The predicted octanol–water partition coefficient (Wildman–Crippen LogP) is 9.23. The molecule has 0 N–H and O–H groups in total. The Morgan fingerprint density at radius 3 is 2.15 bits per heavy atom. The number of hydrogen-bond acceptors (Lipinski definition) is 3. The van der Waals surface area contributed by atoms with Gasteiger partial charge in [-0.1, -0.05) is 84.0 Å². The van der Waals surface area contributed by atoms with Crippen LogP contribution in [0.1, 0.15) is 24.1 Å². The quantitative estimate of drug-likeness (QED) is 0.261. The van der Waals surface area contributed by atoms with Crippen LogP contribution in [0.25, 0.3) is 28.0 Å². The number of hydrogen-bond donors (Lipinski definition) is 0. The maximum Gasteiger partial charge on any atom is 0.0723 e. The zero-order valence-electron chi connectivity index (χ0n) is 18.4. The monoisotopic (exact) mass is 485 g/mol. The molecule has 4 aromatic rings. The van der Waals surface area contributed by atoms with Gasteiger partial charge in [0.25, 0.3) is 0 Å². The minimum absolute atomic E-state index is 0.766. The minimum atomic E-state index is 0.766. The molecule has 0 amide bonds. The van der Waals surface area contributed by atoms with Crippen molar-refractivity contribution >= 4 is 40.7 Å². The van der Waals surface area contributed by atoms with Gasteiger partial charge in [0.15, 0.2) is 0 Å². The Hall–Kier alpha value is -2.46. The fourth-order valence-corrected chi connectivity index (χ4v) is 6.30. The third kappa shape index (κ3) is 4.91. The summed E-state index contributed by atoms with van der Waals surface area (Å²) < 4.78 is 1.31. The molecule has 0 bridgehead atoms. The van der Waals surface area contributed by atoms with Gasteiger partial charge in [-0.25, -0.2) is 4.98 Å². The molecule has 164 valence electrons. The van der Waals surface area contributed by atoms with Gasteiger partial charge >= 0.3 is 0 Å². The molecule has 33 heavy (non-hydrogen) atoms. The summed E-state index contributed by atoms with van der Waals surface area (Å²) in [7, 11) is 0. The fourth-order valence-electron chi connectivity index (χ4n) is 4.30. The van der Waals surface area contributed by atoms with E-state index in [1.54, 1.807) is 0 Å². The number of rotatable bonds is 5. The van der Waals surface area contributed by atoms with Crippen molar-refractivity contribution in [2.45, 2.75) is 24.2 Å². The summed E-state index contributed by atoms with van der Waals surface area (Å²) in [4.78, 5) is 6.47. The highest BCUT2D eigenvalue weighted by Gasteiger charge is 2.24. The third-order valence-electron chi connectivity index (χ3n) is 5.87. The summed E-state index contributed by atoms with van der Waals surface area (Å²) in [5.41, 5.74) is 8.62. The molecule has 1 aromatic heterocycles. The van der Waals surface area contributed by atoms with Crippen molar-refractivity contribution in [2.24, 2.45) is 0 Å². The summed E-state index contributed by atoms with van der Waals surface area (Å²) >= 11 is 9.74. The molecular weight excluding hydrogens is 462 g/mol. The topological polar surface area (TPSA) is 12.9 Å². The summed E-state index contributed by atoms with van der Waals surface area (Å²) in [6.45, 7) is 0. The molecule has 0 radical (unpaired) electrons. The highest BCUT2D eigenvalue weighted by molar-refractivity contribution is 8.22. The van der Waals surface area contributed by atoms with Crippen LogP contribution in [0.5, 0.6) is 0 Å². The van der Waals surface area contributed by atoms with Crippen molar-refractivity contribution in [1.82, 2.24) is 4.98 Å². The molecule has 3 aromatic carbocycles. The van der Waals surface area contributed by atoms with Crippen molar-refractivity contribution in [1.29, 1.82) is 0 Å². The molecule has 0 spiro atoms. The second-order valence-electron chi connectivity index (χ2n) is 7.99. The van der Waals surface area contributed by atoms with Crippen LogP contribution in [0.3, 0.4) is 0 Å². The Morgan fingerprint density at radius 2 is 1.48 bits per heavy atom. The summed E-state index contributed by atoms with van der Waals surface area (Å²) in [6.07, 6.45) is 5.40. The first-order chi connectivity index (χ1) is 16.2. The first kappa shape index (κ1) is 22.3. The van der Waals surface area contributed by atoms with Crippen LogP contribution in [0.4, 0.5) is 0 Å². The van der Waals surface area contributed by atoms with Crippen LogP contribution in [0, 0.1) is 0 Å². The zero-order chi connectivity index (χ0) is 22.6. The number of nitrogens with zero attached hydrogens (tertiary/aromatic N) is 1. The standard InChI is InChI=1S/C29H24ClNS2/c1-32-29(33-23-17-15-22(30)16-18-23)25-14-8-13-24-26(20-9-4-2-5-10-20)19-27(31-28(24)25)21-11-6-3-7-12-21/h2-7,9-12,15-19H,8,13-14H2,1H3/b29-25-. The normalized spacial score (nSPS) is 14.6. The van der Waals surface area contributed by atoms with Crippen LogP contribution in [0.2, 0.25) is 5.02 Å². The van der Waals surface area contributed by atoms with Gasteiger partial charge in [0.1, 0.15) is 0 Å². The minimum Gasteiger partial charge on any atom is -0.248 e. The van der Waals surface area contributed by atoms with Crippen molar-refractivity contribution in [2.75, 3.05) is 6.26 Å². The van der Waals surface area contributed by atoms with Gasteiger partial charge in [0.05, 0.1) is 15.6 Å². The van der Waals surface area contributed by atoms with Gasteiger partial charge < -0.3 is 0 Å². The lowest BCUT2D eigenvalue weighted by molar-refractivity contribution is 0.811. The van der Waals surface area contributed by atoms with E-state index in [9.17, 15) is 0 Å². The fraction of sp³-hybridized carbons (Fsp3) is 0.138. The molecule has 0 saturated carbocycles. The van der Waals surface area contributed by atoms with Gasteiger partial charge in [-0.15, -0.1) is 11.8 Å². The molecule has 0 unspecified atom stereocenters. The lowest BCUT2D eigenvalue weighted by Crippen LogP contribution is -2.09. The lowest BCUT2D eigenvalue weighted by atomic mass is 9.86. The van der Waals surface area contributed by atoms with Gasteiger partial charge in [-0.05, 0) is 78.1 Å². The average Bonchev–Trinajstić information content (AvgIpc) is 2.88. The van der Waals surface area contributed by atoms with Crippen LogP contribution in [0.15, 0.2) is 100 Å². The van der Waals surface area contributed by atoms with E-state index in [0.717, 1.165) is 41.2 Å². The molecule has 0 fully saturated rings. The van der Waals surface area contributed by atoms with Crippen LogP contribution >= 0.6 is 35.1 Å². The molecule has 1 heterocycles. The molecule has 0 aliphatic heterocycles. The second kappa shape index (κ2) is 10.2. The Labute approximate surface area is 209 Å². The molecule has 4 heteroatoms. The number of thioether (sulfide) groups is 2. The van der Waals surface area contributed by atoms with Crippen LogP contribution in [-0.2, 0) is 6.42 Å². The molecule has 0 saturated heterocycles. The van der Waals surface area contributed by atoms with Crippen molar-refractivity contribution in [3.63, 3.8) is 0 Å². The van der Waals surface area contributed by atoms with E-state index < -0.39 is 0 Å². The van der Waals surface area contributed by atoms with E-state index in [4.69, 9.17) is 16.6 Å². The summed E-state index contributed by atoms with van der Waals surface area (Å²) in [6, 6.07) is 31.6. The van der Waals surface area contributed by atoms with Crippen molar-refractivity contribution in [3.05, 3.63) is 112 Å². The highest BCUT2D eigenvalue weighted by atomic mass is 35.5. The summed E-state index contributed by atoms with van der Waals surface area (Å²) in [5.74, 6) is 0. The Morgan fingerprint density at radius 1 is 0.818 bits per heavy atom. The number of halogens is 1. The second-order valence-corrected chi connectivity index (χ2v) is 10.6. The van der Waals surface area contributed by atoms with E-state index in [-0.39, 0.29) is 0 Å². The number of pyridine rings is 1. The number of benzene rings is 3. The van der Waals surface area contributed by atoms with E-state index in [2.05, 4.69) is 85.1 Å². The van der Waals surface area contributed by atoms with Crippen molar-refractivity contribution in [3.8, 4) is 22.4 Å². The molecular formula is C29H24ClNS2. The molecule has 5 rings (SSSR count). The highest BCUT2D eigenvalue weighted by Crippen LogP contribution is 2.46. The van der Waals surface area contributed by atoms with Gasteiger partial charge in [-0.2, -0.15) is 0 Å². The Balaban J connectivity index is 1.69. The first-order valence-electron chi connectivity index (χ1n) is 11.1. The Bertz CT molecular complexity index is 1280. The first-order valence-corrected chi connectivity index (χ1v) is 13.5. The largest absolute Gasteiger partial charge is 0.248 e. The summed E-state index contributed by atoms with van der Waals surface area (Å²) in [5, 5.41) is 0.766. The maximum atomic E-state index is 6.11. The molecule has 1 nitrogen and oxygen atoms in total. The zero-order valence-corrected chi connectivity index (χ0v) is 20.8. The number of allylic oxidation sites excluding steroid dienone is 1. The third-order valence-corrected chi connectivity index (χ3v) is 8.43. The number of aromatic nitrogens is 1. The Kier molecular flexibility index (Phi) is 6.91. The molecule has 1 aliphatic carbocycles.